The van der Waals surface area contributed by atoms with E-state index in [1.165, 1.54) is 29.8 Å². The highest BCUT2D eigenvalue weighted by Crippen LogP contribution is 2.26. The highest BCUT2D eigenvalue weighted by Gasteiger charge is 2.23. The Morgan fingerprint density at radius 3 is 2.79 bits per heavy atom. The van der Waals surface area contributed by atoms with Crippen molar-refractivity contribution in [2.24, 2.45) is 0 Å². The van der Waals surface area contributed by atoms with E-state index in [2.05, 4.69) is 33.2 Å². The van der Waals surface area contributed by atoms with Gasteiger partial charge < -0.3 is 14.2 Å². The third-order valence-corrected chi connectivity index (χ3v) is 5.20. The van der Waals surface area contributed by atoms with Gasteiger partial charge in [-0.3, -0.25) is 4.90 Å². The van der Waals surface area contributed by atoms with Crippen molar-refractivity contribution >= 4 is 5.69 Å². The van der Waals surface area contributed by atoms with Crippen LogP contribution >= 0.6 is 0 Å². The maximum atomic E-state index is 5.54. The fraction of sp³-hybridized carbons (Fsp3) is 0.526. The third kappa shape index (κ3) is 3.13. The molecule has 2 aromatic rings. The standard InChI is InChI=1S/C19H25N3O2/c1-23-16-6-4-5-15(13-16)22-11-9-21(10-12-22)14-18-17-7-2-3-8-19(17)24-20-18/h4-6,13H,2-3,7-12,14H2,1H3. The minimum absolute atomic E-state index is 0.921. The molecule has 2 heterocycles. The number of ether oxygens (including phenoxy) is 1. The Morgan fingerprint density at radius 1 is 1.12 bits per heavy atom. The highest BCUT2D eigenvalue weighted by atomic mass is 16.5. The second kappa shape index (κ2) is 6.85. The van der Waals surface area contributed by atoms with Crippen LogP contribution in [0.5, 0.6) is 5.75 Å². The molecule has 0 N–H and O–H groups in total. The molecule has 0 bridgehead atoms. The van der Waals surface area contributed by atoms with Crippen LogP contribution in [-0.4, -0.2) is 43.3 Å². The largest absolute Gasteiger partial charge is 0.497 e. The van der Waals surface area contributed by atoms with Gasteiger partial charge in [-0.15, -0.1) is 0 Å². The van der Waals surface area contributed by atoms with Crippen molar-refractivity contribution < 1.29 is 9.26 Å². The van der Waals surface area contributed by atoms with Crippen LogP contribution in [0.1, 0.15) is 29.9 Å². The number of methoxy groups -OCH3 is 1. The average Bonchev–Trinajstić information content (AvgIpc) is 3.05. The summed E-state index contributed by atoms with van der Waals surface area (Å²) in [4.78, 5) is 4.92. The molecule has 5 heteroatoms. The molecule has 0 amide bonds. The predicted molar refractivity (Wildman–Crippen MR) is 93.6 cm³/mol. The van der Waals surface area contributed by atoms with Crippen molar-refractivity contribution in [1.29, 1.82) is 0 Å². The van der Waals surface area contributed by atoms with E-state index in [1.54, 1.807) is 7.11 Å². The zero-order valence-corrected chi connectivity index (χ0v) is 14.3. The van der Waals surface area contributed by atoms with Crippen LogP contribution < -0.4 is 9.64 Å². The van der Waals surface area contributed by atoms with E-state index in [1.807, 2.05) is 6.07 Å². The zero-order chi connectivity index (χ0) is 16.4. The monoisotopic (exact) mass is 327 g/mol. The first-order valence-electron chi connectivity index (χ1n) is 8.91. The van der Waals surface area contributed by atoms with E-state index in [0.717, 1.165) is 57.1 Å². The summed E-state index contributed by atoms with van der Waals surface area (Å²) in [6.45, 7) is 5.10. The van der Waals surface area contributed by atoms with Crippen molar-refractivity contribution in [3.05, 3.63) is 41.3 Å². The van der Waals surface area contributed by atoms with E-state index >= 15 is 0 Å². The number of anilines is 1. The molecule has 1 saturated heterocycles. The van der Waals surface area contributed by atoms with Gasteiger partial charge in [0.25, 0.3) is 0 Å². The lowest BCUT2D eigenvalue weighted by Crippen LogP contribution is -2.46. The zero-order valence-electron chi connectivity index (χ0n) is 14.3. The van der Waals surface area contributed by atoms with E-state index in [0.29, 0.717) is 0 Å². The molecule has 1 aromatic heterocycles. The lowest BCUT2D eigenvalue weighted by Gasteiger charge is -2.36. The number of piperazine rings is 1. The molecule has 0 saturated carbocycles. The van der Waals surface area contributed by atoms with Crippen LogP contribution in [0.15, 0.2) is 28.8 Å². The first-order chi connectivity index (χ1) is 11.8. The van der Waals surface area contributed by atoms with E-state index in [9.17, 15) is 0 Å². The molecule has 128 valence electrons. The minimum atomic E-state index is 0.921. The van der Waals surface area contributed by atoms with Gasteiger partial charge in [-0.2, -0.15) is 0 Å². The third-order valence-electron chi connectivity index (χ3n) is 5.20. The molecule has 0 unspecified atom stereocenters. The summed E-state index contributed by atoms with van der Waals surface area (Å²) in [6, 6.07) is 8.32. The topological polar surface area (TPSA) is 41.7 Å². The Balaban J connectivity index is 1.37. The molecule has 1 fully saturated rings. The average molecular weight is 327 g/mol. The van der Waals surface area contributed by atoms with Crippen LogP contribution in [0.2, 0.25) is 0 Å². The molecule has 1 aliphatic heterocycles. The van der Waals surface area contributed by atoms with Gasteiger partial charge in [0, 0.05) is 56.5 Å². The first-order valence-corrected chi connectivity index (χ1v) is 8.91. The van der Waals surface area contributed by atoms with Crippen LogP contribution in [0.4, 0.5) is 5.69 Å². The molecule has 5 nitrogen and oxygen atoms in total. The Kier molecular flexibility index (Phi) is 4.43. The van der Waals surface area contributed by atoms with E-state index in [-0.39, 0.29) is 0 Å². The molecule has 1 aromatic carbocycles. The maximum absolute atomic E-state index is 5.54. The van der Waals surface area contributed by atoms with Gasteiger partial charge in [0.05, 0.1) is 7.11 Å². The van der Waals surface area contributed by atoms with Crippen molar-refractivity contribution in [2.45, 2.75) is 32.2 Å². The fourth-order valence-electron chi connectivity index (χ4n) is 3.76. The molecule has 0 radical (unpaired) electrons. The maximum Gasteiger partial charge on any atom is 0.140 e. The van der Waals surface area contributed by atoms with Gasteiger partial charge in [-0.25, -0.2) is 0 Å². The number of aryl methyl sites for hydroxylation is 1. The molecule has 4 rings (SSSR count). The highest BCUT2D eigenvalue weighted by molar-refractivity contribution is 5.51. The Hall–Kier alpha value is -2.01. The minimum Gasteiger partial charge on any atom is -0.497 e. The summed E-state index contributed by atoms with van der Waals surface area (Å²) in [6.07, 6.45) is 4.70. The quantitative estimate of drug-likeness (QED) is 0.864. The van der Waals surface area contributed by atoms with Crippen LogP contribution in [-0.2, 0) is 19.4 Å². The van der Waals surface area contributed by atoms with Crippen molar-refractivity contribution in [1.82, 2.24) is 10.1 Å². The van der Waals surface area contributed by atoms with Gasteiger partial charge in [0.1, 0.15) is 17.2 Å². The van der Waals surface area contributed by atoms with Crippen molar-refractivity contribution in [3.63, 3.8) is 0 Å². The second-order valence-corrected chi connectivity index (χ2v) is 6.70. The first kappa shape index (κ1) is 15.5. The Labute approximate surface area is 143 Å². The van der Waals surface area contributed by atoms with Crippen LogP contribution in [0.3, 0.4) is 0 Å². The van der Waals surface area contributed by atoms with Gasteiger partial charge in [0.2, 0.25) is 0 Å². The summed E-state index contributed by atoms with van der Waals surface area (Å²) in [5.74, 6) is 2.05. The van der Waals surface area contributed by atoms with E-state index in [4.69, 9.17) is 9.26 Å². The lowest BCUT2D eigenvalue weighted by molar-refractivity contribution is 0.241. The van der Waals surface area contributed by atoms with Crippen LogP contribution in [0.25, 0.3) is 0 Å². The molecule has 1 aliphatic carbocycles. The molecular weight excluding hydrogens is 302 g/mol. The predicted octanol–water partition coefficient (Wildman–Crippen LogP) is 2.88. The summed E-state index contributed by atoms with van der Waals surface area (Å²) in [5.41, 5.74) is 3.80. The van der Waals surface area contributed by atoms with Gasteiger partial charge >= 0.3 is 0 Å². The van der Waals surface area contributed by atoms with Gasteiger partial charge in [-0.1, -0.05) is 11.2 Å². The Morgan fingerprint density at radius 2 is 1.96 bits per heavy atom. The summed E-state index contributed by atoms with van der Waals surface area (Å²) < 4.78 is 10.9. The molecule has 2 aliphatic rings. The second-order valence-electron chi connectivity index (χ2n) is 6.70. The summed E-state index contributed by atoms with van der Waals surface area (Å²) in [5, 5.41) is 4.34. The van der Waals surface area contributed by atoms with Gasteiger partial charge in [0.15, 0.2) is 0 Å². The lowest BCUT2D eigenvalue weighted by atomic mass is 9.96. The van der Waals surface area contributed by atoms with Gasteiger partial charge in [-0.05, 0) is 31.4 Å². The summed E-state index contributed by atoms with van der Waals surface area (Å²) in [7, 11) is 1.72. The molecule has 0 atom stereocenters. The normalized spacial score (nSPS) is 18.5. The number of rotatable bonds is 4. The summed E-state index contributed by atoms with van der Waals surface area (Å²) >= 11 is 0. The number of aromatic nitrogens is 1. The Bertz CT molecular complexity index is 690. The number of benzene rings is 1. The number of nitrogens with zero attached hydrogens (tertiary/aromatic N) is 3. The number of hydrogen-bond donors (Lipinski definition) is 0. The van der Waals surface area contributed by atoms with Crippen molar-refractivity contribution in [2.75, 3.05) is 38.2 Å². The smallest absolute Gasteiger partial charge is 0.140 e. The number of fused-ring (bicyclic) bond motifs is 1. The van der Waals surface area contributed by atoms with Crippen LogP contribution in [0, 0.1) is 0 Å². The number of hydrogen-bond acceptors (Lipinski definition) is 5. The van der Waals surface area contributed by atoms with E-state index < -0.39 is 0 Å². The molecular formula is C19H25N3O2. The SMILES string of the molecule is COc1cccc(N2CCN(Cc3noc4c3CCCC4)CC2)c1. The molecule has 24 heavy (non-hydrogen) atoms. The molecule has 0 spiro atoms. The van der Waals surface area contributed by atoms with Crippen molar-refractivity contribution in [3.8, 4) is 5.75 Å². The fourth-order valence-corrected chi connectivity index (χ4v) is 3.76.